The van der Waals surface area contributed by atoms with Crippen LogP contribution in [0.3, 0.4) is 0 Å². The number of Topliss-reactive ketones (excluding diaryl/α,β-unsaturated/α-hetero) is 1. The highest BCUT2D eigenvalue weighted by Crippen LogP contribution is 2.31. The molecule has 0 aliphatic heterocycles. The summed E-state index contributed by atoms with van der Waals surface area (Å²) in [5, 5.41) is 4.04. The summed E-state index contributed by atoms with van der Waals surface area (Å²) in [4.78, 5) is 26.8. The first-order valence-corrected chi connectivity index (χ1v) is 19.7. The van der Waals surface area contributed by atoms with Gasteiger partial charge in [-0.2, -0.15) is 8.42 Å². The summed E-state index contributed by atoms with van der Waals surface area (Å²) in [5.74, 6) is -0.898. The summed E-state index contributed by atoms with van der Waals surface area (Å²) in [6.07, 6.45) is 1.45. The van der Waals surface area contributed by atoms with Crippen LogP contribution in [0.25, 0.3) is 33.4 Å². The number of amides is 1. The van der Waals surface area contributed by atoms with Gasteiger partial charge in [0.15, 0.2) is 15.6 Å². The molecule has 1 atom stereocenters. The van der Waals surface area contributed by atoms with E-state index >= 15 is 0 Å². The summed E-state index contributed by atoms with van der Waals surface area (Å²) in [5.41, 5.74) is 5.72. The molecule has 6 rings (SSSR count). The number of nitrogens with one attached hydrogen (secondary N) is 1. The minimum Gasteiger partial charge on any atom is -0.456 e. The minimum atomic E-state index is -4.14. The van der Waals surface area contributed by atoms with Gasteiger partial charge in [-0.15, -0.1) is 0 Å². The van der Waals surface area contributed by atoms with Crippen LogP contribution >= 0.6 is 0 Å². The fraction of sp³-hybridized carbons (Fsp3) is 0.150. The van der Waals surface area contributed by atoms with Crippen molar-refractivity contribution in [3.8, 4) is 22.5 Å². The third-order valence-electron chi connectivity index (χ3n) is 8.61. The number of hydrogen-bond acceptors (Lipinski definition) is 7. The molecule has 0 saturated carbocycles. The third-order valence-corrected chi connectivity index (χ3v) is 10.5. The molecule has 0 bridgehead atoms. The Bertz CT molecular complexity index is 2380. The second-order valence-corrected chi connectivity index (χ2v) is 16.0. The van der Waals surface area contributed by atoms with Gasteiger partial charge < -0.3 is 9.73 Å². The molecule has 9 nitrogen and oxygen atoms in total. The first kappa shape index (κ1) is 35.5. The highest BCUT2D eigenvalue weighted by molar-refractivity contribution is 7.90. The van der Waals surface area contributed by atoms with Crippen molar-refractivity contribution in [1.82, 2.24) is 0 Å². The average molecular weight is 722 g/mol. The maximum Gasteiger partial charge on any atom is 0.264 e. The lowest BCUT2D eigenvalue weighted by atomic mass is 9.89. The highest BCUT2D eigenvalue weighted by Gasteiger charge is 2.22. The number of carbonyl (C=O) groups excluding carboxylic acids is 2. The lowest BCUT2D eigenvalue weighted by Crippen LogP contribution is -2.23. The monoisotopic (exact) mass is 721 g/mol. The molecular formula is C40H35NO8S2. The quantitative estimate of drug-likeness (QED) is 0.0901. The van der Waals surface area contributed by atoms with Gasteiger partial charge in [0.25, 0.3) is 10.1 Å². The molecule has 0 radical (unpaired) electrons. The molecule has 0 aliphatic carbocycles. The van der Waals surface area contributed by atoms with Crippen molar-refractivity contribution in [3.63, 3.8) is 0 Å². The van der Waals surface area contributed by atoms with Gasteiger partial charge in [-0.1, -0.05) is 78.9 Å². The van der Waals surface area contributed by atoms with E-state index in [2.05, 4.69) is 5.32 Å². The van der Waals surface area contributed by atoms with E-state index in [0.717, 1.165) is 50.8 Å². The van der Waals surface area contributed by atoms with Crippen LogP contribution in [-0.4, -0.2) is 45.1 Å². The Morgan fingerprint density at radius 3 is 2.10 bits per heavy atom. The first-order chi connectivity index (χ1) is 24.3. The van der Waals surface area contributed by atoms with Crippen LogP contribution in [-0.2, 0) is 31.2 Å². The van der Waals surface area contributed by atoms with Crippen LogP contribution in [0.5, 0.6) is 0 Å². The molecule has 1 amide bonds. The number of fused-ring (bicyclic) bond motifs is 1. The Kier molecular flexibility index (Phi) is 10.3. The van der Waals surface area contributed by atoms with E-state index in [-0.39, 0.29) is 29.4 Å². The molecule has 51 heavy (non-hydrogen) atoms. The van der Waals surface area contributed by atoms with Gasteiger partial charge in [0, 0.05) is 34.9 Å². The van der Waals surface area contributed by atoms with E-state index in [1.165, 1.54) is 0 Å². The molecule has 6 aromatic rings. The van der Waals surface area contributed by atoms with E-state index in [1.807, 2.05) is 84.9 Å². The first-order valence-electron chi connectivity index (χ1n) is 16.2. The molecular weight excluding hydrogens is 687 g/mol. The van der Waals surface area contributed by atoms with Gasteiger partial charge in [-0.3, -0.25) is 14.1 Å². The fourth-order valence-corrected chi connectivity index (χ4v) is 7.05. The number of hydrogen-bond donors (Lipinski definition) is 2. The highest BCUT2D eigenvalue weighted by atomic mass is 32.2. The standard InChI is InChI=1S/C40H35NO8S2/c1-50(44,45)35-8-4-7-32(25-35)28-15-17-29(18-16-28)36(24-27-11-13-30(14-12-27)37(42)9-5-23-51(46,47)48)40(43)41-34-21-19-31(20-22-34)39-26-33-6-2-3-10-38(33)49-39/h2-4,6-8,10-22,25-26,36H,5,9,23-24H2,1H3,(H,41,43)(H,46,47,48). The second-order valence-electron chi connectivity index (χ2n) is 12.4. The molecule has 5 aromatic carbocycles. The zero-order valence-electron chi connectivity index (χ0n) is 27.7. The van der Waals surface area contributed by atoms with Gasteiger partial charge >= 0.3 is 0 Å². The summed E-state index contributed by atoms with van der Waals surface area (Å²) < 4.78 is 61.2. The van der Waals surface area contributed by atoms with Crippen molar-refractivity contribution in [1.29, 1.82) is 0 Å². The summed E-state index contributed by atoms with van der Waals surface area (Å²) >= 11 is 0. The van der Waals surface area contributed by atoms with Crippen molar-refractivity contribution in [2.75, 3.05) is 17.3 Å². The number of benzene rings is 5. The van der Waals surface area contributed by atoms with Gasteiger partial charge in [-0.25, -0.2) is 8.42 Å². The number of rotatable bonds is 13. The largest absolute Gasteiger partial charge is 0.456 e. The number of para-hydroxylation sites is 1. The predicted molar refractivity (Wildman–Crippen MR) is 198 cm³/mol. The van der Waals surface area contributed by atoms with Crippen LogP contribution in [0.15, 0.2) is 137 Å². The van der Waals surface area contributed by atoms with E-state index < -0.39 is 31.6 Å². The topological polar surface area (TPSA) is 148 Å². The molecule has 260 valence electrons. The Balaban J connectivity index is 1.23. The average Bonchev–Trinajstić information content (AvgIpc) is 3.55. The van der Waals surface area contributed by atoms with Gasteiger partial charge in [-0.05, 0) is 83.6 Å². The number of anilines is 1. The van der Waals surface area contributed by atoms with Crippen LogP contribution in [0.4, 0.5) is 5.69 Å². The van der Waals surface area contributed by atoms with E-state index in [1.54, 1.807) is 42.5 Å². The molecule has 0 spiro atoms. The Labute approximate surface area is 296 Å². The third kappa shape index (κ3) is 9.06. The van der Waals surface area contributed by atoms with Crippen LogP contribution in [0.2, 0.25) is 0 Å². The molecule has 1 aromatic heterocycles. The smallest absolute Gasteiger partial charge is 0.264 e. The van der Waals surface area contributed by atoms with Gasteiger partial charge in [0.1, 0.15) is 11.3 Å². The number of ketones is 1. The summed E-state index contributed by atoms with van der Waals surface area (Å²) in [6.45, 7) is 0. The molecule has 0 fully saturated rings. The fourth-order valence-electron chi connectivity index (χ4n) is 5.87. The minimum absolute atomic E-state index is 0.00939. The van der Waals surface area contributed by atoms with E-state index in [4.69, 9.17) is 8.97 Å². The normalized spacial score (nSPS) is 12.4. The molecule has 11 heteroatoms. The Morgan fingerprint density at radius 1 is 0.745 bits per heavy atom. The number of furan rings is 1. The predicted octanol–water partition coefficient (Wildman–Crippen LogP) is 7.99. The van der Waals surface area contributed by atoms with Crippen LogP contribution in [0, 0.1) is 0 Å². The van der Waals surface area contributed by atoms with Crippen molar-refractivity contribution in [2.24, 2.45) is 0 Å². The van der Waals surface area contributed by atoms with E-state index in [9.17, 15) is 26.4 Å². The van der Waals surface area contributed by atoms with Gasteiger partial charge in [0.05, 0.1) is 16.6 Å². The van der Waals surface area contributed by atoms with E-state index in [0.29, 0.717) is 17.7 Å². The summed E-state index contributed by atoms with van der Waals surface area (Å²) in [6, 6.07) is 38.1. The number of carbonyl (C=O) groups is 2. The zero-order valence-corrected chi connectivity index (χ0v) is 29.3. The molecule has 2 N–H and O–H groups in total. The maximum absolute atomic E-state index is 14.0. The van der Waals surface area contributed by atoms with Crippen molar-refractivity contribution >= 4 is 48.3 Å². The number of sulfone groups is 1. The second kappa shape index (κ2) is 14.9. The van der Waals surface area contributed by atoms with Crippen molar-refractivity contribution in [3.05, 3.63) is 144 Å². The lowest BCUT2D eigenvalue weighted by Gasteiger charge is -2.19. The molecule has 0 aliphatic rings. The maximum atomic E-state index is 14.0. The Morgan fingerprint density at radius 2 is 1.43 bits per heavy atom. The van der Waals surface area contributed by atoms with Crippen molar-refractivity contribution in [2.45, 2.75) is 30.1 Å². The van der Waals surface area contributed by atoms with Gasteiger partial charge in [0.2, 0.25) is 5.91 Å². The SMILES string of the molecule is CS(=O)(=O)c1cccc(-c2ccc(C(Cc3ccc(C(=O)CCCS(=O)(=O)O)cc3)C(=O)Nc3ccc(-c4cc5ccccc5o4)cc3)cc2)c1. The molecule has 1 unspecified atom stereocenters. The molecule has 0 saturated heterocycles. The van der Waals surface area contributed by atoms with Crippen molar-refractivity contribution < 1.29 is 35.4 Å². The van der Waals surface area contributed by atoms with Crippen LogP contribution in [0.1, 0.15) is 40.2 Å². The zero-order chi connectivity index (χ0) is 36.2. The lowest BCUT2D eigenvalue weighted by molar-refractivity contribution is -0.117. The summed E-state index contributed by atoms with van der Waals surface area (Å²) in [7, 11) is -7.53. The van der Waals surface area contributed by atoms with Crippen LogP contribution < -0.4 is 5.32 Å². The molecule has 1 heterocycles. The Hall–Kier alpha value is -5.36.